The molecule has 0 radical (unpaired) electrons. The lowest BCUT2D eigenvalue weighted by Gasteiger charge is -2.10. The quantitative estimate of drug-likeness (QED) is 0.891. The van der Waals surface area contributed by atoms with Crippen LogP contribution in [0.25, 0.3) is 0 Å². The van der Waals surface area contributed by atoms with Gasteiger partial charge in [0.15, 0.2) is 0 Å². The highest BCUT2D eigenvalue weighted by molar-refractivity contribution is 7.90. The Labute approximate surface area is 125 Å². The first kappa shape index (κ1) is 15.5. The predicted octanol–water partition coefficient (Wildman–Crippen LogP) is 2.70. The zero-order valence-electron chi connectivity index (χ0n) is 12.0. The van der Waals surface area contributed by atoms with Crippen LogP contribution in [-0.2, 0) is 16.6 Å². The van der Waals surface area contributed by atoms with E-state index in [-0.39, 0.29) is 6.54 Å². The molecule has 112 valence electrons. The Balaban J connectivity index is 2.05. The topological polar surface area (TPSA) is 68.3 Å². The summed E-state index contributed by atoms with van der Waals surface area (Å²) in [5, 5.41) is -0.453. The van der Waals surface area contributed by atoms with Crippen molar-refractivity contribution in [3.63, 3.8) is 0 Å². The van der Waals surface area contributed by atoms with Crippen LogP contribution in [0.2, 0.25) is 0 Å². The second kappa shape index (κ2) is 6.69. The van der Waals surface area contributed by atoms with Gasteiger partial charge in [-0.1, -0.05) is 18.2 Å². The van der Waals surface area contributed by atoms with Gasteiger partial charge in [0.2, 0.25) is 15.9 Å². The molecule has 0 bridgehead atoms. The molecule has 0 saturated heterocycles. The maximum atomic E-state index is 11.7. The van der Waals surface area contributed by atoms with E-state index in [1.165, 1.54) is 0 Å². The van der Waals surface area contributed by atoms with E-state index in [1.807, 2.05) is 24.3 Å². The minimum Gasteiger partial charge on any atom is -0.439 e. The Morgan fingerprint density at radius 2 is 2.00 bits per heavy atom. The Hall–Kier alpha value is -1.92. The van der Waals surface area contributed by atoms with Gasteiger partial charge in [-0.15, -0.1) is 0 Å². The minimum atomic E-state index is -3.27. The number of ether oxygens (including phenoxy) is 1. The van der Waals surface area contributed by atoms with Crippen molar-refractivity contribution >= 4 is 10.0 Å². The van der Waals surface area contributed by atoms with Gasteiger partial charge >= 0.3 is 0 Å². The molecular weight excluding hydrogens is 288 g/mol. The maximum Gasteiger partial charge on any atom is 0.219 e. The van der Waals surface area contributed by atoms with Crippen molar-refractivity contribution in [1.29, 1.82) is 0 Å². The molecule has 0 amide bonds. The largest absolute Gasteiger partial charge is 0.439 e. The van der Waals surface area contributed by atoms with Crippen LogP contribution in [-0.4, -0.2) is 18.7 Å². The average molecular weight is 306 g/mol. The minimum absolute atomic E-state index is 0.236. The summed E-state index contributed by atoms with van der Waals surface area (Å²) >= 11 is 0. The molecular formula is C15H18N2O3S. The van der Waals surface area contributed by atoms with Crippen LogP contribution in [0.4, 0.5) is 0 Å². The van der Waals surface area contributed by atoms with Crippen molar-refractivity contribution in [3.05, 3.63) is 54.2 Å². The van der Waals surface area contributed by atoms with E-state index < -0.39 is 15.3 Å². The molecule has 6 heteroatoms. The Bertz CT molecular complexity index is 685. The second-order valence-corrected chi connectivity index (χ2v) is 7.15. The Kier molecular flexibility index (Phi) is 4.93. The van der Waals surface area contributed by atoms with E-state index in [0.717, 1.165) is 5.56 Å². The molecule has 1 aromatic carbocycles. The highest BCUT2D eigenvalue weighted by Gasteiger charge is 2.14. The molecule has 0 fully saturated rings. The summed E-state index contributed by atoms with van der Waals surface area (Å²) in [5.74, 6) is 1.12. The van der Waals surface area contributed by atoms with Gasteiger partial charge in [0, 0.05) is 18.8 Å². The standard InChI is InChI=1S/C15H18N2O3S/c1-12(2)21(18,19)17-11-13-6-5-7-14(10-13)20-15-8-3-4-9-16-15/h3-10,12,17H,11H2,1-2H3. The van der Waals surface area contributed by atoms with Crippen LogP contribution in [0, 0.1) is 0 Å². The van der Waals surface area contributed by atoms with Gasteiger partial charge in [-0.3, -0.25) is 0 Å². The first-order chi connectivity index (χ1) is 9.97. The number of nitrogens with one attached hydrogen (secondary N) is 1. The molecule has 0 aliphatic rings. The molecule has 1 aromatic heterocycles. The fourth-order valence-electron chi connectivity index (χ4n) is 1.60. The number of benzene rings is 1. The molecule has 0 aliphatic heterocycles. The van der Waals surface area contributed by atoms with Crippen LogP contribution in [0.15, 0.2) is 48.7 Å². The van der Waals surface area contributed by atoms with Crippen molar-refractivity contribution in [2.45, 2.75) is 25.6 Å². The van der Waals surface area contributed by atoms with Crippen LogP contribution in [0.1, 0.15) is 19.4 Å². The first-order valence-electron chi connectivity index (χ1n) is 6.64. The number of pyridine rings is 1. The summed E-state index contributed by atoms with van der Waals surface area (Å²) in [6, 6.07) is 12.7. The molecule has 2 aromatic rings. The summed E-state index contributed by atoms with van der Waals surface area (Å²) in [4.78, 5) is 4.08. The van der Waals surface area contributed by atoms with Crippen molar-refractivity contribution in [2.24, 2.45) is 0 Å². The van der Waals surface area contributed by atoms with Crippen molar-refractivity contribution in [3.8, 4) is 11.6 Å². The molecule has 21 heavy (non-hydrogen) atoms. The molecule has 5 nitrogen and oxygen atoms in total. The molecule has 0 spiro atoms. The summed E-state index contributed by atoms with van der Waals surface area (Å²) in [5.41, 5.74) is 0.827. The van der Waals surface area contributed by atoms with Gasteiger partial charge in [-0.05, 0) is 37.6 Å². The lowest BCUT2D eigenvalue weighted by atomic mass is 10.2. The lowest BCUT2D eigenvalue weighted by Crippen LogP contribution is -2.30. The monoisotopic (exact) mass is 306 g/mol. The number of nitrogens with zero attached hydrogens (tertiary/aromatic N) is 1. The molecule has 2 rings (SSSR count). The molecule has 0 atom stereocenters. The van der Waals surface area contributed by atoms with Gasteiger partial charge in [0.25, 0.3) is 0 Å². The summed E-state index contributed by atoms with van der Waals surface area (Å²) < 4.78 is 31.6. The van der Waals surface area contributed by atoms with Gasteiger partial charge in [-0.2, -0.15) is 0 Å². The number of hydrogen-bond donors (Lipinski definition) is 1. The maximum absolute atomic E-state index is 11.7. The fourth-order valence-corrected chi connectivity index (χ4v) is 2.30. The number of rotatable bonds is 6. The highest BCUT2D eigenvalue weighted by Crippen LogP contribution is 2.20. The second-order valence-electron chi connectivity index (χ2n) is 4.83. The SMILES string of the molecule is CC(C)S(=O)(=O)NCc1cccc(Oc2ccccn2)c1. The van der Waals surface area contributed by atoms with Crippen molar-refractivity contribution < 1.29 is 13.2 Å². The predicted molar refractivity (Wildman–Crippen MR) is 81.6 cm³/mol. The van der Waals surface area contributed by atoms with Crippen LogP contribution in [0.3, 0.4) is 0 Å². The summed E-state index contributed by atoms with van der Waals surface area (Å²) in [6.45, 7) is 3.52. The normalized spacial score (nSPS) is 11.6. The number of sulfonamides is 1. The highest BCUT2D eigenvalue weighted by atomic mass is 32.2. The van der Waals surface area contributed by atoms with E-state index in [9.17, 15) is 8.42 Å². The van der Waals surface area contributed by atoms with E-state index in [1.54, 1.807) is 38.2 Å². The Morgan fingerprint density at radius 1 is 1.19 bits per heavy atom. The molecule has 0 saturated carbocycles. The zero-order chi connectivity index (χ0) is 15.3. The fraction of sp³-hybridized carbons (Fsp3) is 0.267. The van der Waals surface area contributed by atoms with E-state index in [4.69, 9.17) is 4.74 Å². The van der Waals surface area contributed by atoms with Gasteiger partial charge in [0.1, 0.15) is 5.75 Å². The van der Waals surface area contributed by atoms with Gasteiger partial charge < -0.3 is 4.74 Å². The van der Waals surface area contributed by atoms with Crippen LogP contribution in [0.5, 0.6) is 11.6 Å². The smallest absolute Gasteiger partial charge is 0.219 e. The third-order valence-electron chi connectivity index (χ3n) is 2.86. The van der Waals surface area contributed by atoms with Gasteiger partial charge in [-0.25, -0.2) is 18.1 Å². The van der Waals surface area contributed by atoms with Crippen molar-refractivity contribution in [2.75, 3.05) is 0 Å². The number of hydrogen-bond acceptors (Lipinski definition) is 4. The van der Waals surface area contributed by atoms with E-state index in [2.05, 4.69) is 9.71 Å². The third kappa shape index (κ3) is 4.54. The lowest BCUT2D eigenvalue weighted by molar-refractivity contribution is 0.462. The molecule has 0 aliphatic carbocycles. The third-order valence-corrected chi connectivity index (χ3v) is 4.64. The molecule has 1 N–H and O–H groups in total. The Morgan fingerprint density at radius 3 is 2.67 bits per heavy atom. The molecule has 1 heterocycles. The summed E-state index contributed by atoms with van der Waals surface area (Å²) in [6.07, 6.45) is 1.65. The van der Waals surface area contributed by atoms with Crippen molar-refractivity contribution in [1.82, 2.24) is 9.71 Å². The van der Waals surface area contributed by atoms with E-state index >= 15 is 0 Å². The van der Waals surface area contributed by atoms with E-state index in [0.29, 0.717) is 11.6 Å². The summed E-state index contributed by atoms with van der Waals surface area (Å²) in [7, 11) is -3.27. The average Bonchev–Trinajstić information content (AvgIpc) is 2.47. The zero-order valence-corrected chi connectivity index (χ0v) is 12.8. The number of aromatic nitrogens is 1. The van der Waals surface area contributed by atoms with Gasteiger partial charge in [0.05, 0.1) is 5.25 Å². The van der Waals surface area contributed by atoms with Crippen LogP contribution >= 0.6 is 0 Å². The molecule has 0 unspecified atom stereocenters. The first-order valence-corrected chi connectivity index (χ1v) is 8.18. The van der Waals surface area contributed by atoms with Crippen LogP contribution < -0.4 is 9.46 Å².